The van der Waals surface area contributed by atoms with Gasteiger partial charge < -0.3 is 15.2 Å². The van der Waals surface area contributed by atoms with Gasteiger partial charge in [-0.3, -0.25) is 10.1 Å². The summed E-state index contributed by atoms with van der Waals surface area (Å²) >= 11 is 0. The van der Waals surface area contributed by atoms with Crippen LogP contribution >= 0.6 is 0 Å². The zero-order valence-electron chi connectivity index (χ0n) is 9.85. The Bertz CT molecular complexity index is 338. The lowest BCUT2D eigenvalue weighted by Crippen LogP contribution is -2.40. The van der Waals surface area contributed by atoms with Crippen molar-refractivity contribution in [3.63, 3.8) is 0 Å². The quantitative estimate of drug-likeness (QED) is 0.323. The van der Waals surface area contributed by atoms with Crippen molar-refractivity contribution >= 4 is 17.9 Å². The molecule has 0 atom stereocenters. The lowest BCUT2D eigenvalue weighted by atomic mass is 10.4. The summed E-state index contributed by atoms with van der Waals surface area (Å²) in [5.41, 5.74) is 0. The molecule has 3 N–H and O–H groups in total. The van der Waals surface area contributed by atoms with E-state index in [9.17, 15) is 14.4 Å². The fourth-order valence-electron chi connectivity index (χ4n) is 0.850. The Labute approximate surface area is 105 Å². The highest BCUT2D eigenvalue weighted by atomic mass is 16.5. The first-order valence-electron chi connectivity index (χ1n) is 5.24. The van der Waals surface area contributed by atoms with E-state index in [1.165, 1.54) is 0 Å². The number of imide groups is 1. The minimum Gasteiger partial charge on any atom is -0.478 e. The van der Waals surface area contributed by atoms with Crippen molar-refractivity contribution in [2.24, 2.45) is 0 Å². The van der Waals surface area contributed by atoms with Gasteiger partial charge in [0.25, 0.3) is 5.91 Å². The third kappa shape index (κ3) is 10.4. The van der Waals surface area contributed by atoms with Crippen LogP contribution < -0.4 is 10.6 Å². The normalized spacial score (nSPS) is 10.0. The predicted molar refractivity (Wildman–Crippen MR) is 64.0 cm³/mol. The second-order valence-corrected chi connectivity index (χ2v) is 3.11. The van der Waals surface area contributed by atoms with E-state index in [-0.39, 0.29) is 6.54 Å². The average molecular weight is 256 g/mol. The summed E-state index contributed by atoms with van der Waals surface area (Å²) in [4.78, 5) is 32.2. The number of amides is 3. The molecule has 0 aliphatic rings. The molecule has 7 heteroatoms. The van der Waals surface area contributed by atoms with Crippen LogP contribution in [0, 0.1) is 0 Å². The van der Waals surface area contributed by atoms with E-state index in [4.69, 9.17) is 9.84 Å². The van der Waals surface area contributed by atoms with Gasteiger partial charge in [-0.05, 0) is 6.42 Å². The number of rotatable bonds is 8. The van der Waals surface area contributed by atoms with Crippen LogP contribution in [0.3, 0.4) is 0 Å². The highest BCUT2D eigenvalue weighted by molar-refractivity contribution is 6.02. The molecule has 7 nitrogen and oxygen atoms in total. The summed E-state index contributed by atoms with van der Waals surface area (Å²) in [6.45, 7) is 4.61. The van der Waals surface area contributed by atoms with Crippen LogP contribution in [0.2, 0.25) is 0 Å². The molecule has 0 bridgehead atoms. The van der Waals surface area contributed by atoms with Gasteiger partial charge >= 0.3 is 12.0 Å². The number of carboxylic acid groups (broad SMARTS) is 1. The minimum atomic E-state index is -1.26. The van der Waals surface area contributed by atoms with Gasteiger partial charge in [-0.25, -0.2) is 9.59 Å². The summed E-state index contributed by atoms with van der Waals surface area (Å²) < 4.78 is 5.12. The number of hydrogen-bond donors (Lipinski definition) is 3. The van der Waals surface area contributed by atoms with Gasteiger partial charge in [-0.15, -0.1) is 6.58 Å². The van der Waals surface area contributed by atoms with Gasteiger partial charge in [0, 0.05) is 18.7 Å². The average Bonchev–Trinajstić information content (AvgIpc) is 2.31. The smallest absolute Gasteiger partial charge is 0.328 e. The largest absolute Gasteiger partial charge is 0.478 e. The number of ether oxygens (including phenoxy) is 1. The van der Waals surface area contributed by atoms with E-state index >= 15 is 0 Å². The Morgan fingerprint density at radius 2 is 1.94 bits per heavy atom. The molecule has 100 valence electrons. The van der Waals surface area contributed by atoms with E-state index in [1.807, 2.05) is 5.32 Å². The van der Waals surface area contributed by atoms with Crippen LogP contribution in [0.25, 0.3) is 0 Å². The molecule has 0 fully saturated rings. The topological polar surface area (TPSA) is 105 Å². The van der Waals surface area contributed by atoms with E-state index in [1.54, 1.807) is 6.08 Å². The summed E-state index contributed by atoms with van der Waals surface area (Å²) in [7, 11) is 0. The first kappa shape index (κ1) is 15.9. The number of aliphatic carboxylic acids is 1. The monoisotopic (exact) mass is 256 g/mol. The van der Waals surface area contributed by atoms with Crippen LogP contribution in [0.1, 0.15) is 6.42 Å². The van der Waals surface area contributed by atoms with Crippen molar-refractivity contribution in [1.29, 1.82) is 0 Å². The van der Waals surface area contributed by atoms with Crippen molar-refractivity contribution in [1.82, 2.24) is 10.6 Å². The lowest BCUT2D eigenvalue weighted by Gasteiger charge is -2.05. The Kier molecular flexibility index (Phi) is 8.83. The van der Waals surface area contributed by atoms with Gasteiger partial charge in [0.2, 0.25) is 0 Å². The molecule has 0 heterocycles. The third-order valence-corrected chi connectivity index (χ3v) is 1.61. The molecule has 0 aromatic heterocycles. The van der Waals surface area contributed by atoms with E-state index in [0.717, 1.165) is 12.5 Å². The Hall–Kier alpha value is -2.15. The molecule has 0 aromatic carbocycles. The van der Waals surface area contributed by atoms with Crippen LogP contribution in [0.15, 0.2) is 24.8 Å². The summed E-state index contributed by atoms with van der Waals surface area (Å²) in [6, 6.07) is -0.706. The molecule has 0 spiro atoms. The number of nitrogens with one attached hydrogen (secondary N) is 2. The van der Waals surface area contributed by atoms with Crippen molar-refractivity contribution in [2.75, 3.05) is 19.8 Å². The third-order valence-electron chi connectivity index (χ3n) is 1.61. The van der Waals surface area contributed by atoms with Crippen molar-refractivity contribution in [2.45, 2.75) is 6.42 Å². The van der Waals surface area contributed by atoms with E-state index in [2.05, 4.69) is 11.9 Å². The predicted octanol–water partition coefficient (Wildman–Crippen LogP) is 0.0457. The first-order chi connectivity index (χ1) is 8.56. The second-order valence-electron chi connectivity index (χ2n) is 3.11. The molecule has 0 unspecified atom stereocenters. The van der Waals surface area contributed by atoms with Crippen LogP contribution in [0.4, 0.5) is 4.79 Å². The maximum atomic E-state index is 11.1. The van der Waals surface area contributed by atoms with Gasteiger partial charge in [-0.2, -0.15) is 0 Å². The van der Waals surface area contributed by atoms with Crippen LogP contribution in [-0.4, -0.2) is 42.8 Å². The molecule has 3 amide bonds. The van der Waals surface area contributed by atoms with Crippen molar-refractivity contribution in [3.05, 3.63) is 24.8 Å². The fourth-order valence-corrected chi connectivity index (χ4v) is 0.850. The molecule has 0 aliphatic carbocycles. The van der Waals surface area contributed by atoms with Crippen molar-refractivity contribution < 1.29 is 24.2 Å². The molecular formula is C11H16N2O5. The van der Waals surface area contributed by atoms with E-state index < -0.39 is 17.9 Å². The summed E-state index contributed by atoms with van der Waals surface area (Å²) in [6.07, 6.45) is 3.84. The zero-order valence-corrected chi connectivity index (χ0v) is 9.85. The maximum Gasteiger partial charge on any atom is 0.328 e. The Morgan fingerprint density at radius 1 is 1.22 bits per heavy atom. The van der Waals surface area contributed by atoms with Gasteiger partial charge in [0.15, 0.2) is 0 Å². The number of urea groups is 1. The van der Waals surface area contributed by atoms with Crippen LogP contribution in [-0.2, 0) is 14.3 Å². The molecule has 18 heavy (non-hydrogen) atoms. The minimum absolute atomic E-state index is 0.249. The number of carbonyl (C=O) groups excluding carboxylic acids is 2. The van der Waals surface area contributed by atoms with Crippen LogP contribution in [0.5, 0.6) is 0 Å². The molecule has 0 radical (unpaired) electrons. The highest BCUT2D eigenvalue weighted by Gasteiger charge is 2.03. The number of carboxylic acids is 1. The highest BCUT2D eigenvalue weighted by Crippen LogP contribution is 1.81. The number of hydrogen-bond acceptors (Lipinski definition) is 4. The summed E-state index contributed by atoms with van der Waals surface area (Å²) in [5.74, 6) is -2.07. The molecule has 0 aliphatic heterocycles. The Balaban J connectivity index is 3.62. The first-order valence-corrected chi connectivity index (χ1v) is 5.24. The molecular weight excluding hydrogens is 240 g/mol. The van der Waals surface area contributed by atoms with Crippen molar-refractivity contribution in [3.8, 4) is 0 Å². The summed E-state index contributed by atoms with van der Waals surface area (Å²) in [5, 5.41) is 12.6. The van der Waals surface area contributed by atoms with E-state index in [0.29, 0.717) is 19.3 Å². The molecule has 0 rings (SSSR count). The van der Waals surface area contributed by atoms with Gasteiger partial charge in [0.05, 0.1) is 13.2 Å². The second kappa shape index (κ2) is 10.0. The van der Waals surface area contributed by atoms with Gasteiger partial charge in [-0.1, -0.05) is 6.08 Å². The van der Waals surface area contributed by atoms with Gasteiger partial charge in [0.1, 0.15) is 0 Å². The maximum absolute atomic E-state index is 11.1. The fraction of sp³-hybridized carbons (Fsp3) is 0.364. The zero-order chi connectivity index (χ0) is 13.8. The molecule has 0 saturated carbocycles. The molecule has 0 saturated heterocycles. The SMILES string of the molecule is C=CCCOCCNC(=O)NC(=O)/C=C/C(=O)O. The lowest BCUT2D eigenvalue weighted by molar-refractivity contribution is -0.131. The molecule has 0 aromatic rings. The Morgan fingerprint density at radius 3 is 2.56 bits per heavy atom. The standard InChI is InChI=1S/C11H16N2O5/c1-2-3-7-18-8-6-12-11(17)13-9(14)4-5-10(15)16/h2,4-5H,1,3,6-8H2,(H,15,16)(H2,12,13,14,17)/b5-4+. The number of carbonyl (C=O) groups is 3.